The van der Waals surface area contributed by atoms with Crippen molar-refractivity contribution in [2.75, 3.05) is 5.32 Å². The normalized spacial score (nSPS) is 10.8. The van der Waals surface area contributed by atoms with Gasteiger partial charge in [-0.15, -0.1) is 0 Å². The molecule has 2 N–H and O–H groups in total. The Bertz CT molecular complexity index is 824. The van der Waals surface area contributed by atoms with Crippen molar-refractivity contribution in [1.82, 2.24) is 9.55 Å². The summed E-state index contributed by atoms with van der Waals surface area (Å²) in [6.07, 6.45) is 0.930. The first-order valence-electron chi connectivity index (χ1n) is 7.25. The summed E-state index contributed by atoms with van der Waals surface area (Å²) in [6.45, 7) is 2.83. The van der Waals surface area contributed by atoms with E-state index < -0.39 is 0 Å². The molecule has 112 valence electrons. The molecule has 0 fully saturated rings. The van der Waals surface area contributed by atoms with Gasteiger partial charge in [0.15, 0.2) is 0 Å². The maximum Gasteiger partial charge on any atom is 0.261 e. The van der Waals surface area contributed by atoms with Crippen LogP contribution in [0.3, 0.4) is 0 Å². The number of fused-ring (bicyclic) bond motifs is 1. The second-order valence-corrected chi connectivity index (χ2v) is 5.05. The molecule has 1 heterocycles. The van der Waals surface area contributed by atoms with Crippen LogP contribution in [0.4, 0.5) is 5.95 Å². The summed E-state index contributed by atoms with van der Waals surface area (Å²) < 4.78 is 1.98. The molecular weight excluding hydrogens is 278 g/mol. The fourth-order valence-corrected chi connectivity index (χ4v) is 2.46. The number of anilines is 1. The Morgan fingerprint density at radius 2 is 1.91 bits per heavy atom. The van der Waals surface area contributed by atoms with Crippen LogP contribution in [-0.4, -0.2) is 20.6 Å². The van der Waals surface area contributed by atoms with Crippen molar-refractivity contribution in [3.8, 4) is 5.75 Å². The minimum atomic E-state index is -0.370. The number of aromatic nitrogens is 2. The van der Waals surface area contributed by atoms with Crippen molar-refractivity contribution in [2.45, 2.75) is 19.9 Å². The van der Waals surface area contributed by atoms with Crippen LogP contribution >= 0.6 is 0 Å². The molecule has 3 aromatic rings. The predicted octanol–water partition coefficient (Wildman–Crippen LogP) is 3.40. The van der Waals surface area contributed by atoms with Gasteiger partial charge in [-0.3, -0.25) is 10.1 Å². The first-order chi connectivity index (χ1) is 10.7. The molecule has 5 nitrogen and oxygen atoms in total. The number of carbonyl (C=O) groups excluding carboxylic acids is 1. The highest BCUT2D eigenvalue weighted by atomic mass is 16.3. The van der Waals surface area contributed by atoms with Crippen molar-refractivity contribution >= 4 is 22.9 Å². The molecule has 0 saturated heterocycles. The number of nitrogens with zero attached hydrogens (tertiary/aromatic N) is 2. The number of phenolic OH excluding ortho intramolecular Hbond substituents is 1. The number of nitrogens with one attached hydrogen (secondary N) is 1. The first kappa shape index (κ1) is 14.1. The smallest absolute Gasteiger partial charge is 0.261 e. The monoisotopic (exact) mass is 295 g/mol. The number of aryl methyl sites for hydroxylation is 1. The number of hydrogen-bond donors (Lipinski definition) is 2. The van der Waals surface area contributed by atoms with E-state index in [1.54, 1.807) is 18.2 Å². The Labute approximate surface area is 128 Å². The first-order valence-corrected chi connectivity index (χ1v) is 7.25. The number of hydrogen-bond acceptors (Lipinski definition) is 3. The van der Waals surface area contributed by atoms with E-state index in [0.717, 1.165) is 24.0 Å². The summed E-state index contributed by atoms with van der Waals surface area (Å²) in [7, 11) is 0. The minimum Gasteiger partial charge on any atom is -0.507 e. The number of amides is 1. The average Bonchev–Trinajstić information content (AvgIpc) is 2.86. The van der Waals surface area contributed by atoms with E-state index in [9.17, 15) is 9.90 Å². The molecule has 1 aromatic heterocycles. The summed E-state index contributed by atoms with van der Waals surface area (Å²) in [5.41, 5.74) is 2.05. The number of rotatable bonds is 4. The molecule has 0 bridgehead atoms. The maximum absolute atomic E-state index is 12.3. The molecule has 0 atom stereocenters. The average molecular weight is 295 g/mol. The Morgan fingerprint density at radius 1 is 1.18 bits per heavy atom. The van der Waals surface area contributed by atoms with E-state index in [1.807, 2.05) is 28.8 Å². The van der Waals surface area contributed by atoms with Gasteiger partial charge in [0, 0.05) is 6.54 Å². The lowest BCUT2D eigenvalue weighted by molar-refractivity contribution is 0.102. The van der Waals surface area contributed by atoms with Gasteiger partial charge in [-0.25, -0.2) is 4.98 Å². The van der Waals surface area contributed by atoms with E-state index in [-0.39, 0.29) is 17.2 Å². The standard InChI is InChI=1S/C17H17N3O2/c1-2-11-20-14-9-5-4-8-13(14)18-17(20)19-16(22)12-7-3-6-10-15(12)21/h3-10,21H,2,11H2,1H3,(H,18,19,22). The van der Waals surface area contributed by atoms with Crippen LogP contribution in [0.1, 0.15) is 23.7 Å². The van der Waals surface area contributed by atoms with Gasteiger partial charge in [0.1, 0.15) is 5.75 Å². The molecule has 22 heavy (non-hydrogen) atoms. The van der Waals surface area contributed by atoms with Crippen LogP contribution in [0.5, 0.6) is 5.75 Å². The molecule has 0 aliphatic heterocycles. The van der Waals surface area contributed by atoms with Gasteiger partial charge < -0.3 is 9.67 Å². The molecule has 0 spiro atoms. The molecular formula is C17H17N3O2. The van der Waals surface area contributed by atoms with Crippen LogP contribution in [0.2, 0.25) is 0 Å². The van der Waals surface area contributed by atoms with Gasteiger partial charge in [-0.2, -0.15) is 0 Å². The second kappa shape index (κ2) is 5.89. The predicted molar refractivity (Wildman–Crippen MR) is 86.1 cm³/mol. The van der Waals surface area contributed by atoms with Crippen molar-refractivity contribution < 1.29 is 9.90 Å². The lowest BCUT2D eigenvalue weighted by Crippen LogP contribution is -2.16. The lowest BCUT2D eigenvalue weighted by atomic mass is 10.2. The maximum atomic E-state index is 12.3. The number of carbonyl (C=O) groups is 1. The topological polar surface area (TPSA) is 67.2 Å². The van der Waals surface area contributed by atoms with Crippen molar-refractivity contribution in [1.29, 1.82) is 0 Å². The van der Waals surface area contributed by atoms with Crippen LogP contribution in [-0.2, 0) is 6.54 Å². The quantitative estimate of drug-likeness (QED) is 0.775. The third-order valence-corrected chi connectivity index (χ3v) is 3.48. The highest BCUT2D eigenvalue weighted by Crippen LogP contribution is 2.22. The Hall–Kier alpha value is -2.82. The van der Waals surface area contributed by atoms with Crippen molar-refractivity contribution in [3.05, 3.63) is 54.1 Å². The van der Waals surface area contributed by atoms with Gasteiger partial charge in [0.25, 0.3) is 5.91 Å². The number of para-hydroxylation sites is 3. The van der Waals surface area contributed by atoms with E-state index in [0.29, 0.717) is 5.95 Å². The second-order valence-electron chi connectivity index (χ2n) is 5.05. The highest BCUT2D eigenvalue weighted by molar-refractivity contribution is 6.05. The molecule has 5 heteroatoms. The van der Waals surface area contributed by atoms with Gasteiger partial charge in [0.05, 0.1) is 16.6 Å². The Kier molecular flexibility index (Phi) is 3.78. The highest BCUT2D eigenvalue weighted by Gasteiger charge is 2.15. The van der Waals surface area contributed by atoms with E-state index >= 15 is 0 Å². The lowest BCUT2D eigenvalue weighted by Gasteiger charge is -2.09. The number of phenols is 1. The number of imidazole rings is 1. The SMILES string of the molecule is CCCn1c(NC(=O)c2ccccc2O)nc2ccccc21. The van der Waals surface area contributed by atoms with Crippen LogP contribution in [0, 0.1) is 0 Å². The van der Waals surface area contributed by atoms with Crippen LogP contribution in [0.15, 0.2) is 48.5 Å². The fraction of sp³-hybridized carbons (Fsp3) is 0.176. The van der Waals surface area contributed by atoms with Gasteiger partial charge in [-0.1, -0.05) is 31.2 Å². The fourth-order valence-electron chi connectivity index (χ4n) is 2.46. The molecule has 0 radical (unpaired) electrons. The molecule has 1 amide bonds. The molecule has 0 aliphatic rings. The summed E-state index contributed by atoms with van der Waals surface area (Å²) in [5, 5.41) is 12.6. The molecule has 2 aromatic carbocycles. The van der Waals surface area contributed by atoms with Crippen molar-refractivity contribution in [2.24, 2.45) is 0 Å². The van der Waals surface area contributed by atoms with Gasteiger partial charge in [-0.05, 0) is 30.7 Å². The molecule has 0 unspecified atom stereocenters. The number of benzene rings is 2. The molecule has 0 saturated carbocycles. The minimum absolute atomic E-state index is 0.0434. The summed E-state index contributed by atoms with van der Waals surface area (Å²) in [5.74, 6) is 0.0835. The Balaban J connectivity index is 1.98. The number of aromatic hydroxyl groups is 1. The third-order valence-electron chi connectivity index (χ3n) is 3.48. The zero-order valence-electron chi connectivity index (χ0n) is 12.3. The van der Waals surface area contributed by atoms with Crippen LogP contribution < -0.4 is 5.32 Å². The summed E-state index contributed by atoms with van der Waals surface area (Å²) >= 11 is 0. The summed E-state index contributed by atoms with van der Waals surface area (Å²) in [6, 6.07) is 14.2. The Morgan fingerprint density at radius 3 is 2.68 bits per heavy atom. The van der Waals surface area contributed by atoms with E-state index in [1.165, 1.54) is 6.07 Å². The van der Waals surface area contributed by atoms with Gasteiger partial charge >= 0.3 is 0 Å². The van der Waals surface area contributed by atoms with E-state index in [4.69, 9.17) is 0 Å². The van der Waals surface area contributed by atoms with E-state index in [2.05, 4.69) is 17.2 Å². The zero-order valence-corrected chi connectivity index (χ0v) is 12.3. The van der Waals surface area contributed by atoms with Gasteiger partial charge in [0.2, 0.25) is 5.95 Å². The summed E-state index contributed by atoms with van der Waals surface area (Å²) in [4.78, 5) is 16.8. The molecule has 3 rings (SSSR count). The zero-order chi connectivity index (χ0) is 15.5. The third kappa shape index (κ3) is 2.53. The molecule has 0 aliphatic carbocycles. The largest absolute Gasteiger partial charge is 0.507 e. The van der Waals surface area contributed by atoms with Crippen molar-refractivity contribution in [3.63, 3.8) is 0 Å². The van der Waals surface area contributed by atoms with Crippen LogP contribution in [0.25, 0.3) is 11.0 Å².